The lowest BCUT2D eigenvalue weighted by molar-refractivity contribution is -0.215. The summed E-state index contributed by atoms with van der Waals surface area (Å²) in [6.45, 7) is -0.797. The Morgan fingerprint density at radius 3 is 2.45 bits per heavy atom. The largest absolute Gasteiger partial charge is 0.434 e. The number of alkyl halides is 3. The highest BCUT2D eigenvalue weighted by atomic mass is 32.2. The van der Waals surface area contributed by atoms with Crippen LogP contribution < -0.4 is 0 Å². The van der Waals surface area contributed by atoms with E-state index in [0.29, 0.717) is 32.1 Å². The maximum absolute atomic E-state index is 12.7. The number of carbonyl (C=O) groups is 1. The van der Waals surface area contributed by atoms with E-state index in [-0.39, 0.29) is 31.0 Å². The summed E-state index contributed by atoms with van der Waals surface area (Å²) in [4.78, 5) is 13.2. The zero-order valence-electron chi connectivity index (χ0n) is 16.2. The molecule has 3 aliphatic rings. The van der Waals surface area contributed by atoms with E-state index < -0.39 is 40.6 Å². The van der Waals surface area contributed by atoms with Crippen molar-refractivity contribution in [1.29, 1.82) is 0 Å². The van der Waals surface area contributed by atoms with Gasteiger partial charge in [0.2, 0.25) is 16.1 Å². The lowest BCUT2D eigenvalue weighted by atomic mass is 9.87. The van der Waals surface area contributed by atoms with E-state index in [1.165, 1.54) is 4.31 Å². The molecule has 0 radical (unpaired) electrons. The number of piperidine rings is 1. The van der Waals surface area contributed by atoms with E-state index in [1.807, 2.05) is 0 Å². The van der Waals surface area contributed by atoms with Crippen molar-refractivity contribution < 1.29 is 41.0 Å². The Morgan fingerprint density at radius 1 is 1.34 bits per heavy atom. The number of sulfonamides is 1. The van der Waals surface area contributed by atoms with Gasteiger partial charge in [-0.3, -0.25) is 0 Å². The van der Waals surface area contributed by atoms with E-state index in [1.54, 1.807) is 7.05 Å². The van der Waals surface area contributed by atoms with Crippen LogP contribution in [-0.2, 0) is 19.5 Å². The van der Waals surface area contributed by atoms with E-state index in [4.69, 9.17) is 9.84 Å². The van der Waals surface area contributed by atoms with Crippen molar-refractivity contribution in [2.24, 2.45) is 0 Å². The fourth-order valence-electron chi connectivity index (χ4n) is 4.01. The second-order valence-corrected chi connectivity index (χ2v) is 10.3. The minimum atomic E-state index is -4.83. The molecule has 1 aliphatic carbocycles. The number of carbonyl (C=O) groups excluding carboxylic acids is 1. The number of likely N-dealkylation sites (N-methyl/N-ethyl adjacent to an activating group) is 1. The van der Waals surface area contributed by atoms with Gasteiger partial charge in [0.15, 0.2) is 0 Å². The molecule has 2 atom stereocenters. The molecule has 1 amide bonds. The van der Waals surface area contributed by atoms with Gasteiger partial charge in [0, 0.05) is 20.1 Å². The Kier molecular flexibility index (Phi) is 6.38. The molecule has 3 fully saturated rings. The first-order chi connectivity index (χ1) is 13.5. The van der Waals surface area contributed by atoms with Crippen LogP contribution in [0.15, 0.2) is 0 Å². The highest BCUT2D eigenvalue weighted by molar-refractivity contribution is 7.89. The number of halogens is 3. The number of hydrogen-bond acceptors (Lipinski definition) is 6. The molecule has 2 heterocycles. The molecule has 0 aromatic heterocycles. The molecule has 0 aromatic rings. The molecule has 0 bridgehead atoms. The number of nitrogens with zero attached hydrogens (tertiary/aromatic N) is 2. The van der Waals surface area contributed by atoms with Crippen LogP contribution >= 0.6 is 0 Å². The van der Waals surface area contributed by atoms with Crippen molar-refractivity contribution in [3.8, 4) is 0 Å². The number of likely N-dealkylation sites (tertiary alicyclic amines) is 1. The molecule has 1 unspecified atom stereocenters. The first-order valence-electron chi connectivity index (χ1n) is 9.72. The normalized spacial score (nSPS) is 26.6. The summed E-state index contributed by atoms with van der Waals surface area (Å²) in [6.07, 6.45) is -5.00. The topological polar surface area (TPSA) is 96.4 Å². The van der Waals surface area contributed by atoms with Gasteiger partial charge >= 0.3 is 12.3 Å². The van der Waals surface area contributed by atoms with Crippen LogP contribution in [0.1, 0.15) is 38.5 Å². The van der Waals surface area contributed by atoms with Crippen LogP contribution in [0.5, 0.6) is 0 Å². The molecular weight excluding hydrogens is 417 g/mol. The number of ether oxygens (including phenoxy) is 2. The smallest absolute Gasteiger partial charge is 0.427 e. The first-order valence-corrected chi connectivity index (χ1v) is 11.2. The number of hydrogen-bond donors (Lipinski definition) is 1. The van der Waals surface area contributed by atoms with Gasteiger partial charge in [0.1, 0.15) is 0 Å². The minimum Gasteiger partial charge on any atom is -0.434 e. The standard InChI is InChI=1S/C17H27F3N2O6S/c1-21(29(25,26)13-3-2-4-13)12-9-16(27-11-12)5-7-22(8-6-16)15(24)28-14(10-23)17(18,19)20/h12-14,23H,2-11H2,1H3/t12?,14-/m1/s1. The van der Waals surface area contributed by atoms with Crippen molar-refractivity contribution in [1.82, 2.24) is 9.21 Å². The summed E-state index contributed by atoms with van der Waals surface area (Å²) < 4.78 is 74.9. The highest BCUT2D eigenvalue weighted by Crippen LogP contribution is 2.39. The maximum atomic E-state index is 12.7. The molecular formula is C17H27F3N2O6S. The Morgan fingerprint density at radius 2 is 1.97 bits per heavy atom. The van der Waals surface area contributed by atoms with Crippen LogP contribution in [-0.4, -0.2) is 91.3 Å². The van der Waals surface area contributed by atoms with E-state index in [2.05, 4.69) is 4.74 Å². The second kappa shape index (κ2) is 8.20. The molecule has 1 N–H and O–H groups in total. The third-order valence-corrected chi connectivity index (χ3v) is 8.70. The van der Waals surface area contributed by atoms with Crippen molar-refractivity contribution in [3.63, 3.8) is 0 Å². The Labute approximate surface area is 168 Å². The monoisotopic (exact) mass is 444 g/mol. The molecule has 8 nitrogen and oxygen atoms in total. The third-order valence-electron chi connectivity index (χ3n) is 6.29. The molecule has 29 heavy (non-hydrogen) atoms. The third kappa shape index (κ3) is 4.64. The SMILES string of the molecule is CN(C1COC2(CCN(C(=O)O[C@H](CO)C(F)(F)F)CC2)C1)S(=O)(=O)C1CCC1. The van der Waals surface area contributed by atoms with E-state index >= 15 is 0 Å². The average molecular weight is 444 g/mol. The molecule has 2 aliphatic heterocycles. The highest BCUT2D eigenvalue weighted by Gasteiger charge is 2.49. The first kappa shape index (κ1) is 22.6. The molecule has 2 saturated heterocycles. The number of aliphatic hydroxyl groups is 1. The zero-order valence-corrected chi connectivity index (χ0v) is 17.0. The van der Waals surface area contributed by atoms with Crippen LogP contribution in [0.25, 0.3) is 0 Å². The van der Waals surface area contributed by atoms with Crippen molar-refractivity contribution in [2.75, 3.05) is 33.4 Å². The van der Waals surface area contributed by atoms with Gasteiger partial charge in [0.25, 0.3) is 0 Å². The van der Waals surface area contributed by atoms with Crippen molar-refractivity contribution in [2.45, 2.75) is 67.7 Å². The van der Waals surface area contributed by atoms with Crippen LogP contribution in [0.4, 0.5) is 18.0 Å². The molecule has 0 aromatic carbocycles. The summed E-state index contributed by atoms with van der Waals surface area (Å²) in [7, 11) is -1.79. The Hall–Kier alpha value is -1.11. The fourth-order valence-corrected chi connectivity index (χ4v) is 5.96. The van der Waals surface area contributed by atoms with Crippen molar-refractivity contribution >= 4 is 16.1 Å². The summed E-state index contributed by atoms with van der Waals surface area (Å²) in [5.41, 5.74) is -0.592. The summed E-state index contributed by atoms with van der Waals surface area (Å²) >= 11 is 0. The minimum absolute atomic E-state index is 0.140. The van der Waals surface area contributed by atoms with Gasteiger partial charge in [-0.2, -0.15) is 17.5 Å². The molecule has 3 rings (SSSR count). The van der Waals surface area contributed by atoms with Gasteiger partial charge in [-0.05, 0) is 32.1 Å². The predicted molar refractivity (Wildman–Crippen MR) is 95.6 cm³/mol. The van der Waals surface area contributed by atoms with Crippen LogP contribution in [0, 0.1) is 0 Å². The zero-order chi connectivity index (χ0) is 21.4. The van der Waals surface area contributed by atoms with Gasteiger partial charge in [-0.25, -0.2) is 13.2 Å². The molecule has 1 saturated carbocycles. The number of aliphatic hydroxyl groups excluding tert-OH is 1. The predicted octanol–water partition coefficient (Wildman–Crippen LogP) is 1.48. The summed E-state index contributed by atoms with van der Waals surface area (Å²) in [6, 6.07) is -0.289. The maximum Gasteiger partial charge on any atom is 0.427 e. The fraction of sp³-hybridized carbons (Fsp3) is 0.941. The van der Waals surface area contributed by atoms with Gasteiger partial charge in [-0.15, -0.1) is 0 Å². The van der Waals surface area contributed by atoms with Crippen LogP contribution in [0.2, 0.25) is 0 Å². The lowest BCUT2D eigenvalue weighted by Crippen LogP contribution is -2.49. The number of amides is 1. The second-order valence-electron chi connectivity index (χ2n) is 8.05. The Bertz CT molecular complexity index is 704. The molecule has 12 heteroatoms. The Balaban J connectivity index is 1.53. The van der Waals surface area contributed by atoms with E-state index in [9.17, 15) is 26.4 Å². The van der Waals surface area contributed by atoms with Gasteiger partial charge < -0.3 is 19.5 Å². The lowest BCUT2D eigenvalue weighted by Gasteiger charge is -2.39. The summed E-state index contributed by atoms with van der Waals surface area (Å²) in [5.74, 6) is 0. The van der Waals surface area contributed by atoms with Gasteiger partial charge in [0.05, 0.1) is 30.1 Å². The number of rotatable bonds is 5. The van der Waals surface area contributed by atoms with Crippen LogP contribution in [0.3, 0.4) is 0 Å². The molecule has 168 valence electrons. The average Bonchev–Trinajstić information content (AvgIpc) is 3.00. The van der Waals surface area contributed by atoms with Gasteiger partial charge in [-0.1, -0.05) is 6.42 Å². The molecule has 1 spiro atoms. The quantitative estimate of drug-likeness (QED) is 0.690. The summed E-state index contributed by atoms with van der Waals surface area (Å²) in [5, 5.41) is 8.47. The van der Waals surface area contributed by atoms with Crippen molar-refractivity contribution in [3.05, 3.63) is 0 Å². The van der Waals surface area contributed by atoms with E-state index in [0.717, 1.165) is 11.3 Å².